The van der Waals surface area contributed by atoms with Crippen LogP contribution in [0.5, 0.6) is 0 Å². The monoisotopic (exact) mass is 290 g/mol. The molecule has 3 heterocycles. The largest absolute Gasteiger partial charge is 0.397 e. The molecule has 2 N–H and O–H groups in total. The van der Waals surface area contributed by atoms with E-state index in [1.165, 1.54) is 17.8 Å². The molecule has 20 heavy (non-hydrogen) atoms. The van der Waals surface area contributed by atoms with Crippen molar-refractivity contribution >= 4 is 33.1 Å². The summed E-state index contributed by atoms with van der Waals surface area (Å²) < 4.78 is 0. The maximum Gasteiger partial charge on any atom is 0.266 e. The average Bonchev–Trinajstić information content (AvgIpc) is 2.81. The van der Waals surface area contributed by atoms with Gasteiger partial charge in [0.05, 0.1) is 11.4 Å². The number of anilines is 1. The van der Waals surface area contributed by atoms with E-state index >= 15 is 0 Å². The van der Waals surface area contributed by atoms with Crippen molar-refractivity contribution in [2.45, 2.75) is 33.1 Å². The molecule has 3 rings (SSSR count). The number of carbonyl (C=O) groups is 1. The van der Waals surface area contributed by atoms with Crippen LogP contribution in [0.3, 0.4) is 0 Å². The fourth-order valence-electron chi connectivity index (χ4n) is 2.64. The third-order valence-electron chi connectivity index (χ3n) is 3.97. The minimum atomic E-state index is 0.0438. The van der Waals surface area contributed by atoms with Crippen LogP contribution in [0, 0.1) is 13.8 Å². The number of hydrogen-bond acceptors (Lipinski definition) is 5. The van der Waals surface area contributed by atoms with Gasteiger partial charge in [0.25, 0.3) is 5.91 Å². The zero-order chi connectivity index (χ0) is 14.3. The van der Waals surface area contributed by atoms with Crippen molar-refractivity contribution < 1.29 is 4.79 Å². The predicted octanol–water partition coefficient (Wildman–Crippen LogP) is 2.52. The highest BCUT2D eigenvalue weighted by Crippen LogP contribution is 2.35. The van der Waals surface area contributed by atoms with Crippen LogP contribution in [0.15, 0.2) is 0 Å². The van der Waals surface area contributed by atoms with E-state index in [0.29, 0.717) is 10.6 Å². The smallest absolute Gasteiger partial charge is 0.266 e. The van der Waals surface area contributed by atoms with Crippen molar-refractivity contribution in [2.75, 3.05) is 18.8 Å². The summed E-state index contributed by atoms with van der Waals surface area (Å²) in [6.45, 7) is 5.54. The second-order valence-electron chi connectivity index (χ2n) is 5.29. The van der Waals surface area contributed by atoms with E-state index in [9.17, 15) is 4.79 Å². The molecule has 0 spiro atoms. The number of hydrogen-bond donors (Lipinski definition) is 1. The second kappa shape index (κ2) is 5.01. The molecule has 0 bridgehead atoms. The molecule has 6 heteroatoms. The molecule has 1 saturated heterocycles. The van der Waals surface area contributed by atoms with Crippen molar-refractivity contribution in [3.63, 3.8) is 0 Å². The molecule has 0 aliphatic carbocycles. The Morgan fingerprint density at radius 2 is 1.90 bits per heavy atom. The van der Waals surface area contributed by atoms with Crippen molar-refractivity contribution in [1.82, 2.24) is 15.1 Å². The van der Waals surface area contributed by atoms with Gasteiger partial charge in [-0.2, -0.15) is 5.10 Å². The number of nitrogens with two attached hydrogens (primary N) is 1. The molecule has 1 amide bonds. The van der Waals surface area contributed by atoms with E-state index in [0.717, 1.165) is 47.4 Å². The first kappa shape index (κ1) is 13.3. The molecule has 2 aromatic rings. The molecule has 0 unspecified atom stereocenters. The molecular weight excluding hydrogens is 272 g/mol. The van der Waals surface area contributed by atoms with Gasteiger partial charge in [0.15, 0.2) is 0 Å². The van der Waals surface area contributed by atoms with Crippen LogP contribution in [-0.4, -0.2) is 34.1 Å². The van der Waals surface area contributed by atoms with Crippen LogP contribution in [0.25, 0.3) is 10.2 Å². The Morgan fingerprint density at radius 1 is 1.20 bits per heavy atom. The lowest BCUT2D eigenvalue weighted by atomic mass is 10.1. The van der Waals surface area contributed by atoms with Gasteiger partial charge in [0, 0.05) is 18.5 Å². The summed E-state index contributed by atoms with van der Waals surface area (Å²) >= 11 is 1.36. The van der Waals surface area contributed by atoms with Crippen molar-refractivity contribution in [3.05, 3.63) is 16.1 Å². The number of nitrogen functional groups attached to an aromatic ring is 1. The van der Waals surface area contributed by atoms with Gasteiger partial charge >= 0.3 is 0 Å². The lowest BCUT2D eigenvalue weighted by Gasteiger charge is -2.26. The van der Waals surface area contributed by atoms with E-state index in [-0.39, 0.29) is 5.91 Å². The summed E-state index contributed by atoms with van der Waals surface area (Å²) in [5, 5.41) is 9.17. The number of aryl methyl sites for hydroxylation is 2. The molecular formula is C14H18N4OS. The Labute approximate surface area is 121 Å². The topological polar surface area (TPSA) is 72.1 Å². The first-order valence-electron chi connectivity index (χ1n) is 6.90. The number of fused-ring (bicyclic) bond motifs is 1. The highest BCUT2D eigenvalue weighted by atomic mass is 32.1. The van der Waals surface area contributed by atoms with E-state index in [1.54, 1.807) is 0 Å². The average molecular weight is 290 g/mol. The first-order valence-corrected chi connectivity index (χ1v) is 7.72. The minimum Gasteiger partial charge on any atom is -0.397 e. The van der Waals surface area contributed by atoms with Gasteiger partial charge in [0.1, 0.15) is 9.71 Å². The third-order valence-corrected chi connectivity index (χ3v) is 5.05. The molecule has 0 aromatic carbocycles. The highest BCUT2D eigenvalue weighted by molar-refractivity contribution is 7.21. The van der Waals surface area contributed by atoms with Crippen LogP contribution in [0.2, 0.25) is 0 Å². The Bertz CT molecular complexity index is 673. The second-order valence-corrected chi connectivity index (χ2v) is 6.29. The third kappa shape index (κ3) is 2.04. The number of carbonyl (C=O) groups excluding carboxylic acids is 1. The fraction of sp³-hybridized carbons (Fsp3) is 0.500. The van der Waals surface area contributed by atoms with E-state index in [1.807, 2.05) is 18.7 Å². The summed E-state index contributed by atoms with van der Waals surface area (Å²) in [5.74, 6) is 0.0438. The van der Waals surface area contributed by atoms with E-state index in [4.69, 9.17) is 5.73 Å². The molecule has 0 radical (unpaired) electrons. The Morgan fingerprint density at radius 3 is 2.60 bits per heavy atom. The predicted molar refractivity (Wildman–Crippen MR) is 81.1 cm³/mol. The van der Waals surface area contributed by atoms with Crippen LogP contribution >= 0.6 is 11.3 Å². The zero-order valence-corrected chi connectivity index (χ0v) is 12.6. The lowest BCUT2D eigenvalue weighted by Crippen LogP contribution is -2.35. The SMILES string of the molecule is Cc1nnc2sc(C(=O)N3CCCCC3)c(N)c2c1C. The molecule has 2 aromatic heterocycles. The molecule has 1 aliphatic rings. The first-order chi connectivity index (χ1) is 9.59. The molecule has 1 aliphatic heterocycles. The number of amides is 1. The molecule has 106 valence electrons. The normalized spacial score (nSPS) is 15.8. The van der Waals surface area contributed by atoms with Crippen LogP contribution in [0.4, 0.5) is 5.69 Å². The van der Waals surface area contributed by atoms with Gasteiger partial charge < -0.3 is 10.6 Å². The zero-order valence-electron chi connectivity index (χ0n) is 11.8. The van der Waals surface area contributed by atoms with Gasteiger partial charge in [-0.15, -0.1) is 16.4 Å². The summed E-state index contributed by atoms with van der Waals surface area (Å²) in [7, 11) is 0. The van der Waals surface area contributed by atoms with E-state index < -0.39 is 0 Å². The highest BCUT2D eigenvalue weighted by Gasteiger charge is 2.25. The van der Waals surface area contributed by atoms with Gasteiger partial charge in [0.2, 0.25) is 0 Å². The summed E-state index contributed by atoms with van der Waals surface area (Å²) in [6.07, 6.45) is 3.36. The van der Waals surface area contributed by atoms with Crippen LogP contribution in [-0.2, 0) is 0 Å². The minimum absolute atomic E-state index is 0.0438. The number of piperidine rings is 1. The summed E-state index contributed by atoms with van der Waals surface area (Å²) in [4.78, 5) is 15.9. The van der Waals surface area contributed by atoms with Crippen LogP contribution in [0.1, 0.15) is 40.2 Å². The summed E-state index contributed by atoms with van der Waals surface area (Å²) in [5.41, 5.74) is 8.65. The van der Waals surface area contributed by atoms with Crippen molar-refractivity contribution in [2.24, 2.45) is 0 Å². The Balaban J connectivity index is 2.06. The molecule has 0 saturated carbocycles. The van der Waals surface area contributed by atoms with Crippen molar-refractivity contribution in [3.8, 4) is 0 Å². The van der Waals surface area contributed by atoms with Gasteiger partial charge in [-0.1, -0.05) is 0 Å². The number of aromatic nitrogens is 2. The van der Waals surface area contributed by atoms with Gasteiger partial charge in [-0.25, -0.2) is 0 Å². The maximum atomic E-state index is 12.6. The van der Waals surface area contributed by atoms with Crippen molar-refractivity contribution in [1.29, 1.82) is 0 Å². The molecule has 5 nitrogen and oxygen atoms in total. The quantitative estimate of drug-likeness (QED) is 0.876. The number of likely N-dealkylation sites (tertiary alicyclic amines) is 1. The lowest BCUT2D eigenvalue weighted by molar-refractivity contribution is 0.0730. The number of thiophene rings is 1. The van der Waals surface area contributed by atoms with E-state index in [2.05, 4.69) is 10.2 Å². The number of nitrogens with zero attached hydrogens (tertiary/aromatic N) is 3. The maximum absolute atomic E-state index is 12.6. The Kier molecular flexibility index (Phi) is 3.33. The van der Waals surface area contributed by atoms with Gasteiger partial charge in [-0.05, 0) is 38.7 Å². The standard InChI is InChI=1S/C14H18N4OS/c1-8-9(2)16-17-13-10(8)11(15)12(20-13)14(19)18-6-4-3-5-7-18/h3-7,15H2,1-2H3. The Hall–Kier alpha value is -1.69. The fourth-order valence-corrected chi connectivity index (χ4v) is 3.71. The number of rotatable bonds is 1. The summed E-state index contributed by atoms with van der Waals surface area (Å²) in [6, 6.07) is 0. The van der Waals surface area contributed by atoms with Gasteiger partial charge in [-0.3, -0.25) is 4.79 Å². The molecule has 1 fully saturated rings. The van der Waals surface area contributed by atoms with Crippen LogP contribution < -0.4 is 5.73 Å². The molecule has 0 atom stereocenters.